The van der Waals surface area contributed by atoms with Gasteiger partial charge in [-0.1, -0.05) is 33.6 Å². The number of hydrogen-bond acceptors (Lipinski definition) is 2. The van der Waals surface area contributed by atoms with Crippen LogP contribution >= 0.6 is 15.9 Å². The highest BCUT2D eigenvalue weighted by atomic mass is 79.9. The van der Waals surface area contributed by atoms with E-state index in [1.807, 2.05) is 13.0 Å². The molecule has 4 nitrogen and oxygen atoms in total. The molecule has 2 N–H and O–H groups in total. The molecule has 5 heteroatoms. The Morgan fingerprint density at radius 2 is 1.81 bits per heavy atom. The summed E-state index contributed by atoms with van der Waals surface area (Å²) >= 11 is 3.37. The number of nitrogens with one attached hydrogen (secondary N) is 1. The molecule has 0 heterocycles. The Morgan fingerprint density at radius 3 is 2.43 bits per heavy atom. The predicted molar refractivity (Wildman–Crippen MR) is 85.0 cm³/mol. The summed E-state index contributed by atoms with van der Waals surface area (Å²) in [5.74, 6) is -1.42. The molecule has 0 atom stereocenters. The van der Waals surface area contributed by atoms with Crippen molar-refractivity contribution in [2.75, 3.05) is 5.32 Å². The predicted octanol–water partition coefficient (Wildman–Crippen LogP) is 4.02. The average Bonchev–Trinajstić information content (AvgIpc) is 2.43. The third-order valence-corrected chi connectivity index (χ3v) is 3.94. The van der Waals surface area contributed by atoms with E-state index < -0.39 is 5.97 Å². The van der Waals surface area contributed by atoms with Crippen LogP contribution in [0.15, 0.2) is 40.9 Å². The number of amides is 1. The zero-order valence-corrected chi connectivity index (χ0v) is 13.2. The highest BCUT2D eigenvalue weighted by Crippen LogP contribution is 2.21. The monoisotopic (exact) mass is 347 g/mol. The maximum absolute atomic E-state index is 12.2. The molecule has 0 radical (unpaired) electrons. The Morgan fingerprint density at radius 1 is 1.10 bits per heavy atom. The number of carboxylic acids is 1. The van der Waals surface area contributed by atoms with Crippen molar-refractivity contribution in [3.8, 4) is 0 Å². The Hall–Kier alpha value is -2.14. The van der Waals surface area contributed by atoms with E-state index in [-0.39, 0.29) is 17.2 Å². The molecule has 0 aliphatic carbocycles. The van der Waals surface area contributed by atoms with Gasteiger partial charge in [-0.15, -0.1) is 0 Å². The molecular weight excluding hydrogens is 334 g/mol. The molecule has 0 spiro atoms. The van der Waals surface area contributed by atoms with Crippen LogP contribution in [0.5, 0.6) is 0 Å². The molecule has 108 valence electrons. The molecule has 21 heavy (non-hydrogen) atoms. The van der Waals surface area contributed by atoms with E-state index in [1.165, 1.54) is 6.07 Å². The quantitative estimate of drug-likeness (QED) is 0.881. The van der Waals surface area contributed by atoms with Gasteiger partial charge in [-0.3, -0.25) is 4.79 Å². The lowest BCUT2D eigenvalue weighted by molar-refractivity contribution is 0.0698. The zero-order chi connectivity index (χ0) is 15.6. The molecule has 0 saturated carbocycles. The van der Waals surface area contributed by atoms with Crippen LogP contribution in [0.3, 0.4) is 0 Å². The van der Waals surface area contributed by atoms with Gasteiger partial charge in [0.25, 0.3) is 5.91 Å². The molecule has 0 aliphatic rings. The van der Waals surface area contributed by atoms with Gasteiger partial charge in [0.05, 0.1) is 11.3 Å². The summed E-state index contributed by atoms with van der Waals surface area (Å²) in [7, 11) is 0. The van der Waals surface area contributed by atoms with E-state index >= 15 is 0 Å². The Bertz CT molecular complexity index is 725. The first-order chi connectivity index (χ1) is 9.88. The summed E-state index contributed by atoms with van der Waals surface area (Å²) in [5, 5.41) is 11.8. The Labute approximate surface area is 130 Å². The number of benzene rings is 2. The normalized spacial score (nSPS) is 10.2. The van der Waals surface area contributed by atoms with Crippen molar-refractivity contribution in [1.82, 2.24) is 0 Å². The molecule has 2 aromatic carbocycles. The van der Waals surface area contributed by atoms with Gasteiger partial charge in [0.1, 0.15) is 0 Å². The number of carboxylic acid groups (broad SMARTS) is 1. The second-order valence-electron chi connectivity index (χ2n) is 4.77. The van der Waals surface area contributed by atoms with Crippen LogP contribution in [0.1, 0.15) is 31.8 Å². The molecule has 0 aliphatic heterocycles. The van der Waals surface area contributed by atoms with Crippen LogP contribution in [-0.2, 0) is 0 Å². The van der Waals surface area contributed by atoms with Crippen LogP contribution in [0.25, 0.3) is 0 Å². The van der Waals surface area contributed by atoms with Crippen LogP contribution in [0.4, 0.5) is 5.69 Å². The minimum atomic E-state index is -1.07. The van der Waals surface area contributed by atoms with Crippen molar-refractivity contribution in [2.45, 2.75) is 13.8 Å². The maximum atomic E-state index is 12.2. The first-order valence-electron chi connectivity index (χ1n) is 6.30. The number of aryl methyl sites for hydroxylation is 2. The van der Waals surface area contributed by atoms with Gasteiger partial charge in [-0.2, -0.15) is 0 Å². The number of halogens is 1. The van der Waals surface area contributed by atoms with Gasteiger partial charge in [-0.25, -0.2) is 4.79 Å². The Kier molecular flexibility index (Phi) is 4.43. The summed E-state index contributed by atoms with van der Waals surface area (Å²) in [5.41, 5.74) is 2.67. The topological polar surface area (TPSA) is 66.4 Å². The summed E-state index contributed by atoms with van der Waals surface area (Å²) in [6, 6.07) is 10.1. The third-order valence-electron chi connectivity index (χ3n) is 3.09. The molecule has 0 aromatic heterocycles. The van der Waals surface area contributed by atoms with E-state index in [1.54, 1.807) is 31.2 Å². The van der Waals surface area contributed by atoms with Crippen molar-refractivity contribution in [3.05, 3.63) is 63.1 Å². The molecular formula is C16H14BrNO3. The standard InChI is InChI=1S/C16H14BrNO3/c1-9-3-6-14(12(7-9)16(20)21)18-15(19)11-5-4-10(2)13(17)8-11/h3-8H,1-2H3,(H,18,19)(H,20,21). The SMILES string of the molecule is Cc1ccc(NC(=O)c2ccc(C)c(Br)c2)c(C(=O)O)c1. The first-order valence-corrected chi connectivity index (χ1v) is 7.09. The zero-order valence-electron chi connectivity index (χ0n) is 11.6. The van der Waals surface area contributed by atoms with Gasteiger partial charge >= 0.3 is 5.97 Å². The van der Waals surface area contributed by atoms with Crippen molar-refractivity contribution >= 4 is 33.5 Å². The smallest absolute Gasteiger partial charge is 0.337 e. The lowest BCUT2D eigenvalue weighted by Crippen LogP contribution is -2.15. The van der Waals surface area contributed by atoms with Crippen molar-refractivity contribution in [3.63, 3.8) is 0 Å². The molecule has 0 unspecified atom stereocenters. The lowest BCUT2D eigenvalue weighted by atomic mass is 10.1. The number of carbonyl (C=O) groups excluding carboxylic acids is 1. The van der Waals surface area contributed by atoms with E-state index in [4.69, 9.17) is 0 Å². The van der Waals surface area contributed by atoms with Crippen molar-refractivity contribution in [1.29, 1.82) is 0 Å². The number of carbonyl (C=O) groups is 2. The van der Waals surface area contributed by atoms with Crippen LogP contribution in [-0.4, -0.2) is 17.0 Å². The second kappa shape index (κ2) is 6.10. The minimum Gasteiger partial charge on any atom is -0.478 e. The van der Waals surface area contributed by atoms with Gasteiger partial charge in [0, 0.05) is 10.0 Å². The van der Waals surface area contributed by atoms with Crippen molar-refractivity contribution in [2.24, 2.45) is 0 Å². The van der Waals surface area contributed by atoms with E-state index in [0.29, 0.717) is 5.56 Å². The molecule has 0 saturated heterocycles. The molecule has 2 rings (SSSR count). The Balaban J connectivity index is 2.31. The number of aromatic carboxylic acids is 1. The number of rotatable bonds is 3. The van der Waals surface area contributed by atoms with Gasteiger partial charge in [-0.05, 0) is 43.7 Å². The summed E-state index contributed by atoms with van der Waals surface area (Å²) in [6.45, 7) is 3.73. The van der Waals surface area contributed by atoms with Crippen LogP contribution < -0.4 is 5.32 Å². The summed E-state index contributed by atoms with van der Waals surface area (Å²) in [6.07, 6.45) is 0. The molecule has 2 aromatic rings. The van der Waals surface area contributed by atoms with Gasteiger partial charge < -0.3 is 10.4 Å². The second-order valence-corrected chi connectivity index (χ2v) is 5.63. The maximum Gasteiger partial charge on any atom is 0.337 e. The fourth-order valence-corrected chi connectivity index (χ4v) is 2.25. The summed E-state index contributed by atoms with van der Waals surface area (Å²) in [4.78, 5) is 23.4. The van der Waals surface area contributed by atoms with E-state index in [2.05, 4.69) is 21.2 Å². The van der Waals surface area contributed by atoms with Crippen molar-refractivity contribution < 1.29 is 14.7 Å². The third kappa shape index (κ3) is 3.49. The van der Waals surface area contributed by atoms with Gasteiger partial charge in [0.2, 0.25) is 0 Å². The van der Waals surface area contributed by atoms with Crippen LogP contribution in [0.2, 0.25) is 0 Å². The number of anilines is 1. The average molecular weight is 348 g/mol. The molecule has 1 amide bonds. The number of hydrogen-bond donors (Lipinski definition) is 2. The van der Waals surface area contributed by atoms with Gasteiger partial charge in [0.15, 0.2) is 0 Å². The first kappa shape index (κ1) is 15.3. The largest absolute Gasteiger partial charge is 0.478 e. The lowest BCUT2D eigenvalue weighted by Gasteiger charge is -2.10. The fourth-order valence-electron chi connectivity index (χ4n) is 1.87. The summed E-state index contributed by atoms with van der Waals surface area (Å²) < 4.78 is 0.831. The molecule has 0 fully saturated rings. The minimum absolute atomic E-state index is 0.0783. The highest BCUT2D eigenvalue weighted by molar-refractivity contribution is 9.10. The highest BCUT2D eigenvalue weighted by Gasteiger charge is 2.14. The van der Waals surface area contributed by atoms with E-state index in [0.717, 1.165) is 15.6 Å². The van der Waals surface area contributed by atoms with E-state index in [9.17, 15) is 14.7 Å². The van der Waals surface area contributed by atoms with Crippen LogP contribution in [0, 0.1) is 13.8 Å². The fraction of sp³-hybridized carbons (Fsp3) is 0.125. The molecule has 0 bridgehead atoms.